The van der Waals surface area contributed by atoms with Gasteiger partial charge in [0.15, 0.2) is 0 Å². The minimum Gasteiger partial charge on any atom is -0.399 e. The second-order valence-corrected chi connectivity index (χ2v) is 19.6. The van der Waals surface area contributed by atoms with E-state index in [0.717, 1.165) is 28.1 Å². The quantitative estimate of drug-likeness (QED) is 0.106. The van der Waals surface area contributed by atoms with Gasteiger partial charge in [0.25, 0.3) is 0 Å². The molecule has 0 radical (unpaired) electrons. The number of hydrogen-bond donors (Lipinski definition) is 0. The molecule has 1 saturated heterocycles. The van der Waals surface area contributed by atoms with Crippen LogP contribution in [0.5, 0.6) is 0 Å². The molecule has 0 spiro atoms. The van der Waals surface area contributed by atoms with Crippen molar-refractivity contribution in [2.45, 2.75) is 38.9 Å². The molecular weight excluding hydrogens is 874 g/mol. The first kappa shape index (κ1) is 46.1. The molecule has 12 rings (SSSR count). The number of fused-ring (bicyclic) bond motifs is 2. The molecule has 348 valence electrons. The lowest BCUT2D eigenvalue weighted by Crippen LogP contribution is -2.41. The summed E-state index contributed by atoms with van der Waals surface area (Å²) in [7, 11) is -0.327. The van der Waals surface area contributed by atoms with Gasteiger partial charge in [-0.05, 0) is 171 Å². The highest BCUT2D eigenvalue weighted by Gasteiger charge is 2.52. The van der Waals surface area contributed by atoms with Crippen molar-refractivity contribution >= 4 is 51.2 Å². The van der Waals surface area contributed by atoms with Crippen LogP contribution in [-0.4, -0.2) is 18.3 Å². The van der Waals surface area contributed by atoms with E-state index in [1.807, 2.05) is 12.1 Å². The Morgan fingerprint density at radius 3 is 1.14 bits per heavy atom. The van der Waals surface area contributed by atoms with Crippen LogP contribution in [0, 0.1) is 0 Å². The second-order valence-electron chi connectivity index (χ2n) is 19.6. The van der Waals surface area contributed by atoms with Crippen molar-refractivity contribution in [3.63, 3.8) is 0 Å². The summed E-state index contributed by atoms with van der Waals surface area (Å²) in [6, 6.07) is 95.2. The van der Waals surface area contributed by atoms with Gasteiger partial charge in [0.2, 0.25) is 0 Å². The fourth-order valence-electron chi connectivity index (χ4n) is 9.76. The number of para-hydroxylation sites is 2. The van der Waals surface area contributed by atoms with Gasteiger partial charge in [-0.2, -0.15) is 0 Å². The minimum absolute atomic E-state index is 0.318. The summed E-state index contributed by atoms with van der Waals surface area (Å²) < 4.78 is 12.4. The van der Waals surface area contributed by atoms with Crippen LogP contribution >= 0.6 is 0 Å². The van der Waals surface area contributed by atoms with E-state index in [4.69, 9.17) is 9.31 Å². The van der Waals surface area contributed by atoms with Gasteiger partial charge < -0.3 is 14.2 Å². The molecule has 1 heterocycles. The average Bonchev–Trinajstić information content (AvgIpc) is 3.66. The van der Waals surface area contributed by atoms with Crippen molar-refractivity contribution < 1.29 is 9.31 Å². The highest BCUT2D eigenvalue weighted by Crippen LogP contribution is 2.39. The first-order chi connectivity index (χ1) is 35.2. The SMILES string of the molecule is CC1(C)OB(c2ccccc2-c2ccccc2)OC1(C)C.c1ccc(-c2ccccc2-c2ccc3cc4cc(-c5ccc(-c6ccc(N(c7ccccc7)c7ccccc7)cc6)cc5)ccc4cc3c2)cc1. The largest absolute Gasteiger partial charge is 0.495 e. The Labute approximate surface area is 424 Å². The lowest BCUT2D eigenvalue weighted by atomic mass is 9.74. The van der Waals surface area contributed by atoms with Crippen molar-refractivity contribution in [1.82, 2.24) is 0 Å². The van der Waals surface area contributed by atoms with Crippen LogP contribution in [-0.2, 0) is 9.31 Å². The van der Waals surface area contributed by atoms with E-state index in [9.17, 15) is 0 Å². The van der Waals surface area contributed by atoms with Gasteiger partial charge in [-0.1, -0.05) is 206 Å². The summed E-state index contributed by atoms with van der Waals surface area (Å²) in [6.45, 7) is 8.33. The molecule has 11 aromatic carbocycles. The first-order valence-electron chi connectivity index (χ1n) is 24.9. The van der Waals surface area contributed by atoms with Crippen molar-refractivity contribution in [2.24, 2.45) is 0 Å². The summed E-state index contributed by atoms with van der Waals surface area (Å²) >= 11 is 0. The predicted octanol–water partition coefficient (Wildman–Crippen LogP) is 17.8. The minimum atomic E-state index is -0.327. The van der Waals surface area contributed by atoms with Gasteiger partial charge in [-0.25, -0.2) is 0 Å². The summed E-state index contributed by atoms with van der Waals surface area (Å²) in [5.74, 6) is 0. The number of nitrogens with zero attached hydrogens (tertiary/aromatic N) is 1. The zero-order chi connectivity index (χ0) is 49.1. The molecule has 0 aliphatic carbocycles. The van der Waals surface area contributed by atoms with Crippen molar-refractivity contribution in [3.05, 3.63) is 267 Å². The first-order valence-corrected chi connectivity index (χ1v) is 24.9. The van der Waals surface area contributed by atoms with Gasteiger partial charge in [0.05, 0.1) is 11.2 Å². The molecule has 1 fully saturated rings. The van der Waals surface area contributed by atoms with Gasteiger partial charge in [-0.15, -0.1) is 0 Å². The molecular formula is C68H56BNO2. The molecule has 1 aliphatic rings. The maximum Gasteiger partial charge on any atom is 0.495 e. The number of anilines is 3. The third-order valence-electron chi connectivity index (χ3n) is 14.4. The third-order valence-corrected chi connectivity index (χ3v) is 14.4. The normalized spacial score (nSPS) is 13.6. The number of benzene rings is 11. The standard InChI is InChI=1S/C50H35N.C18H21BO2/c1-4-12-39(13-5-1)49-18-10-11-19-50(49)43-27-26-42-33-44-32-40(24-25-41(44)34-45(42)35-43)38-22-20-36(21-23-38)37-28-30-48(31-29-37)51(46-14-6-2-7-15-46)47-16-8-3-9-17-47;1-17(2)18(3,4)21-19(20-17)16-13-9-8-12-15(16)14-10-6-5-7-11-14/h1-35H;5-13H,1-4H3. The lowest BCUT2D eigenvalue weighted by Gasteiger charge is -2.32. The van der Waals surface area contributed by atoms with E-state index in [-0.39, 0.29) is 18.3 Å². The zero-order valence-corrected chi connectivity index (χ0v) is 41.2. The van der Waals surface area contributed by atoms with Crippen LogP contribution in [0.3, 0.4) is 0 Å². The fourth-order valence-corrected chi connectivity index (χ4v) is 9.76. The summed E-state index contributed by atoms with van der Waals surface area (Å²) in [5, 5.41) is 4.99. The molecule has 0 N–H and O–H groups in total. The van der Waals surface area contributed by atoms with E-state index >= 15 is 0 Å². The molecule has 0 saturated carbocycles. The maximum absolute atomic E-state index is 6.19. The molecule has 3 nitrogen and oxygen atoms in total. The predicted molar refractivity (Wildman–Crippen MR) is 305 cm³/mol. The van der Waals surface area contributed by atoms with Crippen molar-refractivity contribution in [2.75, 3.05) is 4.90 Å². The molecule has 0 atom stereocenters. The maximum atomic E-state index is 6.19. The Balaban J connectivity index is 0.000000223. The third kappa shape index (κ3) is 9.51. The smallest absolute Gasteiger partial charge is 0.399 e. The Hall–Kier alpha value is -8.28. The van der Waals surface area contributed by atoms with E-state index in [0.29, 0.717) is 0 Å². The second kappa shape index (κ2) is 19.8. The topological polar surface area (TPSA) is 21.7 Å². The Morgan fingerprint density at radius 2 is 0.625 bits per heavy atom. The summed E-state index contributed by atoms with van der Waals surface area (Å²) in [6.07, 6.45) is 0. The van der Waals surface area contributed by atoms with E-state index in [1.54, 1.807) is 0 Å². The van der Waals surface area contributed by atoms with Crippen LogP contribution in [0.25, 0.3) is 77.2 Å². The van der Waals surface area contributed by atoms with Gasteiger partial charge in [0, 0.05) is 17.1 Å². The average molecular weight is 930 g/mol. The summed E-state index contributed by atoms with van der Waals surface area (Å²) in [4.78, 5) is 2.29. The van der Waals surface area contributed by atoms with Crippen LogP contribution in [0.15, 0.2) is 267 Å². The van der Waals surface area contributed by atoms with Crippen LogP contribution in [0.2, 0.25) is 0 Å². The van der Waals surface area contributed by atoms with Crippen molar-refractivity contribution in [3.8, 4) is 55.6 Å². The Kier molecular flexibility index (Phi) is 12.7. The molecule has 1 aliphatic heterocycles. The Bertz CT molecular complexity index is 3560. The number of rotatable bonds is 9. The summed E-state index contributed by atoms with van der Waals surface area (Å²) in [5.41, 5.74) is 16.0. The molecule has 0 bridgehead atoms. The van der Waals surface area contributed by atoms with E-state index in [1.165, 1.54) is 71.6 Å². The number of hydrogen-bond acceptors (Lipinski definition) is 3. The van der Waals surface area contributed by atoms with Crippen LogP contribution in [0.4, 0.5) is 17.1 Å². The van der Waals surface area contributed by atoms with E-state index < -0.39 is 0 Å². The van der Waals surface area contributed by atoms with Crippen LogP contribution < -0.4 is 10.4 Å². The lowest BCUT2D eigenvalue weighted by molar-refractivity contribution is 0.00578. The fraction of sp³-hybridized carbons (Fsp3) is 0.0882. The molecule has 4 heteroatoms. The Morgan fingerprint density at radius 1 is 0.278 bits per heavy atom. The van der Waals surface area contributed by atoms with Gasteiger partial charge >= 0.3 is 7.12 Å². The molecule has 11 aromatic rings. The molecule has 0 aromatic heterocycles. The molecule has 72 heavy (non-hydrogen) atoms. The van der Waals surface area contributed by atoms with Gasteiger partial charge in [0.1, 0.15) is 0 Å². The van der Waals surface area contributed by atoms with Crippen LogP contribution in [0.1, 0.15) is 27.7 Å². The zero-order valence-electron chi connectivity index (χ0n) is 41.2. The highest BCUT2D eigenvalue weighted by atomic mass is 16.7. The van der Waals surface area contributed by atoms with Gasteiger partial charge in [-0.3, -0.25) is 0 Å². The van der Waals surface area contributed by atoms with E-state index in [2.05, 4.69) is 287 Å². The van der Waals surface area contributed by atoms with Crippen molar-refractivity contribution in [1.29, 1.82) is 0 Å². The molecule has 0 amide bonds. The molecule has 0 unspecified atom stereocenters. The highest BCUT2D eigenvalue weighted by molar-refractivity contribution is 6.63. The monoisotopic (exact) mass is 929 g/mol.